The van der Waals surface area contributed by atoms with Gasteiger partial charge in [0.05, 0.1) is 13.1 Å². The molecular weight excluding hydrogens is 266 g/mol. The molecule has 1 heterocycles. The molecule has 1 aromatic carbocycles. The quantitative estimate of drug-likeness (QED) is 0.884. The third-order valence-corrected chi connectivity index (χ3v) is 4.41. The number of carbonyl (C=O) groups is 2. The van der Waals surface area contributed by atoms with E-state index >= 15 is 0 Å². The summed E-state index contributed by atoms with van der Waals surface area (Å²) in [5.41, 5.74) is 2.73. The zero-order valence-electron chi connectivity index (χ0n) is 12.3. The average molecular weight is 287 g/mol. The highest BCUT2D eigenvalue weighted by atomic mass is 16.2. The van der Waals surface area contributed by atoms with E-state index in [1.165, 1.54) is 11.1 Å². The third-order valence-electron chi connectivity index (χ3n) is 4.41. The number of hydrogen-bond donors (Lipinski definition) is 1. The van der Waals surface area contributed by atoms with Crippen LogP contribution in [0.1, 0.15) is 23.6 Å². The number of rotatable bonds is 3. The third kappa shape index (κ3) is 2.93. The maximum absolute atomic E-state index is 12.3. The summed E-state index contributed by atoms with van der Waals surface area (Å²) in [5.74, 6) is -0.0276. The van der Waals surface area contributed by atoms with Crippen molar-refractivity contribution in [3.05, 3.63) is 35.4 Å². The van der Waals surface area contributed by atoms with Crippen molar-refractivity contribution in [2.24, 2.45) is 0 Å². The lowest BCUT2D eigenvalue weighted by Gasteiger charge is -2.30. The highest BCUT2D eigenvalue weighted by Gasteiger charge is 2.28. The minimum Gasteiger partial charge on any atom is -0.353 e. The van der Waals surface area contributed by atoms with Gasteiger partial charge in [-0.15, -0.1) is 0 Å². The van der Waals surface area contributed by atoms with Gasteiger partial charge in [-0.3, -0.25) is 14.5 Å². The Morgan fingerprint density at radius 1 is 1.43 bits per heavy atom. The number of benzene rings is 1. The monoisotopic (exact) mass is 287 g/mol. The van der Waals surface area contributed by atoms with E-state index in [1.807, 2.05) is 7.05 Å². The number of hydrogen-bond acceptors (Lipinski definition) is 3. The first kappa shape index (κ1) is 14.1. The van der Waals surface area contributed by atoms with Crippen LogP contribution in [0.3, 0.4) is 0 Å². The molecule has 0 bridgehead atoms. The Kier molecular flexibility index (Phi) is 3.92. The summed E-state index contributed by atoms with van der Waals surface area (Å²) in [6, 6.07) is 8.76. The molecule has 0 saturated carbocycles. The Balaban J connectivity index is 1.63. The summed E-state index contributed by atoms with van der Waals surface area (Å²) in [4.78, 5) is 27.5. The van der Waals surface area contributed by atoms with Crippen molar-refractivity contribution < 1.29 is 9.59 Å². The second kappa shape index (κ2) is 5.85. The first-order valence-electron chi connectivity index (χ1n) is 7.47. The van der Waals surface area contributed by atoms with Crippen LogP contribution in [0.25, 0.3) is 0 Å². The van der Waals surface area contributed by atoms with E-state index in [0.29, 0.717) is 25.7 Å². The Morgan fingerprint density at radius 3 is 3.05 bits per heavy atom. The van der Waals surface area contributed by atoms with Gasteiger partial charge in [0.15, 0.2) is 0 Å². The zero-order chi connectivity index (χ0) is 14.8. The standard InChI is InChI=1S/C16H21N3O2/c1-18(11-16(21)19-9-8-17-15(20)10-19)14-7-6-12-4-2-3-5-13(12)14/h2-5,14H,6-11H2,1H3,(H,17,20). The van der Waals surface area contributed by atoms with Crippen molar-refractivity contribution in [3.63, 3.8) is 0 Å². The second-order valence-electron chi connectivity index (χ2n) is 5.83. The molecule has 21 heavy (non-hydrogen) atoms. The highest BCUT2D eigenvalue weighted by molar-refractivity contribution is 5.86. The molecule has 5 nitrogen and oxygen atoms in total. The maximum Gasteiger partial charge on any atom is 0.239 e. The number of likely N-dealkylation sites (N-methyl/N-ethyl adjacent to an activating group) is 1. The maximum atomic E-state index is 12.3. The average Bonchev–Trinajstić information content (AvgIpc) is 2.91. The van der Waals surface area contributed by atoms with Gasteiger partial charge in [0.1, 0.15) is 0 Å². The number of nitrogens with one attached hydrogen (secondary N) is 1. The second-order valence-corrected chi connectivity index (χ2v) is 5.83. The molecule has 5 heteroatoms. The van der Waals surface area contributed by atoms with Crippen molar-refractivity contribution in [2.45, 2.75) is 18.9 Å². The van der Waals surface area contributed by atoms with Crippen LogP contribution in [-0.4, -0.2) is 54.8 Å². The first-order chi connectivity index (χ1) is 10.1. The molecule has 2 aliphatic rings. The lowest BCUT2D eigenvalue weighted by molar-refractivity contribution is -0.139. The van der Waals surface area contributed by atoms with Crippen LogP contribution < -0.4 is 5.32 Å². The van der Waals surface area contributed by atoms with Gasteiger partial charge in [-0.05, 0) is 31.0 Å². The van der Waals surface area contributed by atoms with Gasteiger partial charge in [0, 0.05) is 19.1 Å². The van der Waals surface area contributed by atoms with Gasteiger partial charge < -0.3 is 10.2 Å². The van der Waals surface area contributed by atoms with Crippen molar-refractivity contribution in [1.82, 2.24) is 15.1 Å². The molecule has 3 rings (SSSR count). The van der Waals surface area contributed by atoms with E-state index in [1.54, 1.807) is 4.90 Å². The fraction of sp³-hybridized carbons (Fsp3) is 0.500. The van der Waals surface area contributed by atoms with Crippen molar-refractivity contribution >= 4 is 11.8 Å². The first-order valence-corrected chi connectivity index (χ1v) is 7.47. The van der Waals surface area contributed by atoms with Crippen LogP contribution in [-0.2, 0) is 16.0 Å². The van der Waals surface area contributed by atoms with Gasteiger partial charge in [-0.2, -0.15) is 0 Å². The zero-order valence-corrected chi connectivity index (χ0v) is 12.3. The molecule has 1 saturated heterocycles. The van der Waals surface area contributed by atoms with Crippen LogP contribution in [0, 0.1) is 0 Å². The molecule has 1 aliphatic carbocycles. The molecule has 0 radical (unpaired) electrons. The molecule has 1 unspecified atom stereocenters. The summed E-state index contributed by atoms with van der Waals surface area (Å²) in [7, 11) is 1.99. The molecule has 1 fully saturated rings. The molecule has 0 aromatic heterocycles. The largest absolute Gasteiger partial charge is 0.353 e. The van der Waals surface area contributed by atoms with Crippen LogP contribution in [0.4, 0.5) is 0 Å². The Labute approximate surface area is 124 Å². The Morgan fingerprint density at radius 2 is 2.24 bits per heavy atom. The topological polar surface area (TPSA) is 52.7 Å². The molecular formula is C16H21N3O2. The van der Waals surface area contributed by atoms with Gasteiger partial charge >= 0.3 is 0 Å². The summed E-state index contributed by atoms with van der Waals surface area (Å²) >= 11 is 0. The minimum absolute atomic E-state index is 0.0386. The lowest BCUT2D eigenvalue weighted by Crippen LogP contribution is -2.52. The van der Waals surface area contributed by atoms with E-state index in [0.717, 1.165) is 12.8 Å². The van der Waals surface area contributed by atoms with E-state index in [9.17, 15) is 9.59 Å². The van der Waals surface area contributed by atoms with E-state index < -0.39 is 0 Å². The van der Waals surface area contributed by atoms with Crippen molar-refractivity contribution in [3.8, 4) is 0 Å². The fourth-order valence-corrected chi connectivity index (χ4v) is 3.27. The lowest BCUT2D eigenvalue weighted by atomic mass is 10.1. The summed E-state index contributed by atoms with van der Waals surface area (Å²) in [5, 5.41) is 2.74. The predicted octanol–water partition coefficient (Wildman–Crippen LogP) is 0.564. The van der Waals surface area contributed by atoms with Gasteiger partial charge in [0.25, 0.3) is 0 Å². The Bertz CT molecular complexity index is 558. The smallest absolute Gasteiger partial charge is 0.239 e. The van der Waals surface area contributed by atoms with Crippen LogP contribution in [0.15, 0.2) is 24.3 Å². The number of piperazine rings is 1. The van der Waals surface area contributed by atoms with Crippen LogP contribution in [0.2, 0.25) is 0 Å². The molecule has 1 aliphatic heterocycles. The van der Waals surface area contributed by atoms with Crippen LogP contribution in [0.5, 0.6) is 0 Å². The number of nitrogens with zero attached hydrogens (tertiary/aromatic N) is 2. The summed E-state index contributed by atoms with van der Waals surface area (Å²) in [6.07, 6.45) is 2.13. The number of aryl methyl sites for hydroxylation is 1. The van der Waals surface area contributed by atoms with Gasteiger partial charge in [0.2, 0.25) is 11.8 Å². The van der Waals surface area contributed by atoms with Crippen LogP contribution >= 0.6 is 0 Å². The number of carbonyl (C=O) groups excluding carboxylic acids is 2. The van der Waals surface area contributed by atoms with Crippen molar-refractivity contribution in [1.29, 1.82) is 0 Å². The van der Waals surface area contributed by atoms with E-state index in [2.05, 4.69) is 34.5 Å². The van der Waals surface area contributed by atoms with E-state index in [4.69, 9.17) is 0 Å². The molecule has 0 spiro atoms. The Hall–Kier alpha value is -1.88. The molecule has 1 aromatic rings. The highest BCUT2D eigenvalue weighted by Crippen LogP contribution is 2.34. The number of fused-ring (bicyclic) bond motifs is 1. The number of amides is 2. The minimum atomic E-state index is -0.0662. The molecule has 2 amide bonds. The van der Waals surface area contributed by atoms with Gasteiger partial charge in [-0.25, -0.2) is 0 Å². The SMILES string of the molecule is CN(CC(=O)N1CCNC(=O)C1)C1CCc2ccccc21. The van der Waals surface area contributed by atoms with Crippen molar-refractivity contribution in [2.75, 3.05) is 33.2 Å². The summed E-state index contributed by atoms with van der Waals surface area (Å²) in [6.45, 7) is 1.72. The predicted molar refractivity (Wildman–Crippen MR) is 79.7 cm³/mol. The fourth-order valence-electron chi connectivity index (χ4n) is 3.27. The summed E-state index contributed by atoms with van der Waals surface area (Å²) < 4.78 is 0. The molecule has 1 N–H and O–H groups in total. The normalized spacial score (nSPS) is 21.3. The van der Waals surface area contributed by atoms with E-state index in [-0.39, 0.29) is 18.4 Å². The van der Waals surface area contributed by atoms with Gasteiger partial charge in [-0.1, -0.05) is 24.3 Å². The molecule has 1 atom stereocenters. The molecule has 112 valence electrons.